The van der Waals surface area contributed by atoms with E-state index in [1.165, 1.54) is 0 Å². The van der Waals surface area contributed by atoms with E-state index < -0.39 is 0 Å². The predicted molar refractivity (Wildman–Crippen MR) is 91.1 cm³/mol. The third-order valence-electron chi connectivity index (χ3n) is 3.33. The summed E-state index contributed by atoms with van der Waals surface area (Å²) in [6.07, 6.45) is 0.904. The molecule has 4 heteroatoms. The topological polar surface area (TPSA) is 18.5 Å². The molecule has 0 saturated carbocycles. The molecule has 0 aliphatic carbocycles. The first-order valence-electron chi connectivity index (χ1n) is 6.82. The molecule has 21 heavy (non-hydrogen) atoms. The van der Waals surface area contributed by atoms with E-state index in [1.54, 1.807) is 7.11 Å². The van der Waals surface area contributed by atoms with Crippen molar-refractivity contribution in [1.82, 2.24) is 0 Å². The largest absolute Gasteiger partial charge is 0.497 e. The Morgan fingerprint density at radius 2 is 1.71 bits per heavy atom. The van der Waals surface area contributed by atoms with E-state index in [9.17, 15) is 0 Å². The summed E-state index contributed by atoms with van der Waals surface area (Å²) in [7, 11) is 1.65. The fourth-order valence-electron chi connectivity index (χ4n) is 2.11. The van der Waals surface area contributed by atoms with Gasteiger partial charge in [0.2, 0.25) is 0 Å². The highest BCUT2D eigenvalue weighted by Gasteiger charge is 2.13. The number of alkyl halides is 1. The minimum atomic E-state index is 0.344. The summed E-state index contributed by atoms with van der Waals surface area (Å²) < 4.78 is 10.9. The SMILES string of the molecule is COc1ccc(OCCC(CBr)c2ccccc2Cl)cc1. The molecule has 0 spiro atoms. The molecule has 112 valence electrons. The zero-order valence-electron chi connectivity index (χ0n) is 11.9. The van der Waals surface area contributed by atoms with Crippen LogP contribution in [0.1, 0.15) is 17.9 Å². The molecule has 1 atom stereocenters. The molecule has 2 aromatic carbocycles. The number of ether oxygens (including phenoxy) is 2. The molecule has 2 nitrogen and oxygen atoms in total. The van der Waals surface area contributed by atoms with E-state index in [-0.39, 0.29) is 0 Å². The van der Waals surface area contributed by atoms with Crippen molar-refractivity contribution in [3.63, 3.8) is 0 Å². The minimum Gasteiger partial charge on any atom is -0.497 e. The maximum Gasteiger partial charge on any atom is 0.119 e. The van der Waals surface area contributed by atoms with Crippen LogP contribution < -0.4 is 9.47 Å². The van der Waals surface area contributed by atoms with Crippen LogP contribution in [-0.4, -0.2) is 19.0 Å². The zero-order chi connectivity index (χ0) is 15.1. The van der Waals surface area contributed by atoms with Crippen LogP contribution in [0, 0.1) is 0 Å². The molecule has 2 aromatic rings. The van der Waals surface area contributed by atoms with Gasteiger partial charge in [-0.05, 0) is 48.2 Å². The Morgan fingerprint density at radius 1 is 1.05 bits per heavy atom. The standard InChI is InChI=1S/C17H18BrClO2/c1-20-14-6-8-15(9-7-14)21-11-10-13(12-18)16-4-2-3-5-17(16)19/h2-9,13H,10-12H2,1H3. The Hall–Kier alpha value is -1.19. The van der Waals surface area contributed by atoms with Crippen LogP contribution in [0.4, 0.5) is 0 Å². The first-order chi connectivity index (χ1) is 10.2. The molecule has 1 unspecified atom stereocenters. The average Bonchev–Trinajstić information content (AvgIpc) is 2.53. The van der Waals surface area contributed by atoms with Gasteiger partial charge in [-0.1, -0.05) is 45.7 Å². The lowest BCUT2D eigenvalue weighted by Gasteiger charge is -2.16. The molecule has 2 rings (SSSR count). The van der Waals surface area contributed by atoms with Crippen molar-refractivity contribution in [3.05, 3.63) is 59.1 Å². The third-order valence-corrected chi connectivity index (χ3v) is 4.45. The average molecular weight is 370 g/mol. The van der Waals surface area contributed by atoms with Gasteiger partial charge in [-0.15, -0.1) is 0 Å². The van der Waals surface area contributed by atoms with Gasteiger partial charge in [0, 0.05) is 10.4 Å². The van der Waals surface area contributed by atoms with Gasteiger partial charge in [-0.2, -0.15) is 0 Å². The molecule has 0 saturated heterocycles. The smallest absolute Gasteiger partial charge is 0.119 e. The fourth-order valence-corrected chi connectivity index (χ4v) is 3.08. The van der Waals surface area contributed by atoms with E-state index in [0.717, 1.165) is 33.8 Å². The summed E-state index contributed by atoms with van der Waals surface area (Å²) in [5.41, 5.74) is 1.16. The fraction of sp³-hybridized carbons (Fsp3) is 0.294. The summed E-state index contributed by atoms with van der Waals surface area (Å²) in [6.45, 7) is 0.647. The van der Waals surface area contributed by atoms with Gasteiger partial charge in [-0.25, -0.2) is 0 Å². The van der Waals surface area contributed by atoms with E-state index >= 15 is 0 Å². The van der Waals surface area contributed by atoms with Crippen molar-refractivity contribution in [2.45, 2.75) is 12.3 Å². The van der Waals surface area contributed by atoms with Crippen molar-refractivity contribution >= 4 is 27.5 Å². The molecule has 0 amide bonds. The molecular formula is C17H18BrClO2. The van der Waals surface area contributed by atoms with Gasteiger partial charge < -0.3 is 9.47 Å². The zero-order valence-corrected chi connectivity index (χ0v) is 14.2. The second kappa shape index (κ2) is 8.30. The van der Waals surface area contributed by atoms with Crippen LogP contribution in [0.5, 0.6) is 11.5 Å². The molecule has 0 bridgehead atoms. The summed E-state index contributed by atoms with van der Waals surface area (Å²) in [5.74, 6) is 2.02. The van der Waals surface area contributed by atoms with Gasteiger partial charge in [-0.3, -0.25) is 0 Å². The van der Waals surface area contributed by atoms with Gasteiger partial charge >= 0.3 is 0 Å². The molecule has 0 fully saturated rings. The summed E-state index contributed by atoms with van der Waals surface area (Å²) in [5, 5.41) is 1.68. The van der Waals surface area contributed by atoms with Crippen LogP contribution in [0.15, 0.2) is 48.5 Å². The number of hydrogen-bond acceptors (Lipinski definition) is 2. The number of halogens is 2. The molecular weight excluding hydrogens is 352 g/mol. The van der Waals surface area contributed by atoms with E-state index in [1.807, 2.05) is 42.5 Å². The van der Waals surface area contributed by atoms with E-state index in [4.69, 9.17) is 21.1 Å². The molecule has 0 N–H and O–H groups in total. The Kier molecular flexibility index (Phi) is 6.40. The van der Waals surface area contributed by atoms with Crippen molar-refractivity contribution in [1.29, 1.82) is 0 Å². The monoisotopic (exact) mass is 368 g/mol. The summed E-state index contributed by atoms with van der Waals surface area (Å²) >= 11 is 9.81. The maximum atomic E-state index is 6.25. The minimum absolute atomic E-state index is 0.344. The van der Waals surface area contributed by atoms with Gasteiger partial charge in [0.15, 0.2) is 0 Å². The lowest BCUT2D eigenvalue weighted by Crippen LogP contribution is -2.07. The van der Waals surface area contributed by atoms with Crippen LogP contribution >= 0.6 is 27.5 Å². The Bertz CT molecular complexity index is 557. The van der Waals surface area contributed by atoms with Crippen molar-refractivity contribution < 1.29 is 9.47 Å². The molecule has 0 heterocycles. The number of methoxy groups -OCH3 is 1. The van der Waals surface area contributed by atoms with Crippen molar-refractivity contribution in [2.75, 3.05) is 19.0 Å². The molecule has 0 aromatic heterocycles. The Balaban J connectivity index is 1.90. The lowest BCUT2D eigenvalue weighted by molar-refractivity contribution is 0.301. The molecule has 0 radical (unpaired) electrons. The van der Waals surface area contributed by atoms with Crippen molar-refractivity contribution in [2.24, 2.45) is 0 Å². The van der Waals surface area contributed by atoms with Crippen LogP contribution in [0.25, 0.3) is 0 Å². The maximum absolute atomic E-state index is 6.25. The van der Waals surface area contributed by atoms with Crippen LogP contribution in [0.2, 0.25) is 5.02 Å². The van der Waals surface area contributed by atoms with Crippen molar-refractivity contribution in [3.8, 4) is 11.5 Å². The molecule has 0 aliphatic heterocycles. The Labute approximate surface area is 139 Å². The van der Waals surface area contributed by atoms with Crippen LogP contribution in [0.3, 0.4) is 0 Å². The highest BCUT2D eigenvalue weighted by atomic mass is 79.9. The summed E-state index contributed by atoms with van der Waals surface area (Å²) in [6, 6.07) is 15.6. The van der Waals surface area contributed by atoms with Crippen LogP contribution in [-0.2, 0) is 0 Å². The van der Waals surface area contributed by atoms with Gasteiger partial charge in [0.25, 0.3) is 0 Å². The second-order valence-electron chi connectivity index (χ2n) is 4.69. The third kappa shape index (κ3) is 4.65. The summed E-state index contributed by atoms with van der Waals surface area (Å²) in [4.78, 5) is 0. The first kappa shape index (κ1) is 16.2. The number of rotatable bonds is 7. The van der Waals surface area contributed by atoms with Gasteiger partial charge in [0.05, 0.1) is 13.7 Å². The molecule has 0 aliphatic rings. The predicted octanol–water partition coefficient (Wildman–Crippen LogP) is 5.30. The number of benzene rings is 2. The second-order valence-corrected chi connectivity index (χ2v) is 5.74. The first-order valence-corrected chi connectivity index (χ1v) is 8.31. The van der Waals surface area contributed by atoms with E-state index in [2.05, 4.69) is 22.0 Å². The quantitative estimate of drug-likeness (QED) is 0.617. The Morgan fingerprint density at radius 3 is 2.33 bits per heavy atom. The highest BCUT2D eigenvalue weighted by molar-refractivity contribution is 9.09. The van der Waals surface area contributed by atoms with Gasteiger partial charge in [0.1, 0.15) is 11.5 Å². The normalized spacial score (nSPS) is 12.0. The lowest BCUT2D eigenvalue weighted by atomic mass is 9.98. The number of hydrogen-bond donors (Lipinski definition) is 0. The highest BCUT2D eigenvalue weighted by Crippen LogP contribution is 2.28. The van der Waals surface area contributed by atoms with E-state index in [0.29, 0.717) is 12.5 Å².